The van der Waals surface area contributed by atoms with Gasteiger partial charge in [0.1, 0.15) is 6.61 Å². The van der Waals surface area contributed by atoms with Gasteiger partial charge in [-0.1, -0.05) is 22.5 Å². The average molecular weight is 379 g/mol. The topological polar surface area (TPSA) is 44.5 Å². The lowest BCUT2D eigenvalue weighted by Gasteiger charge is -2.15. The van der Waals surface area contributed by atoms with Crippen LogP contribution in [0.4, 0.5) is 0 Å². The molecule has 5 heteroatoms. The maximum absolute atomic E-state index is 5.67. The van der Waals surface area contributed by atoms with E-state index in [1.54, 1.807) is 0 Å². The first-order chi connectivity index (χ1) is 8.58. The molecule has 18 heavy (non-hydrogen) atoms. The summed E-state index contributed by atoms with van der Waals surface area (Å²) in [6.07, 6.45) is 0.810. The van der Waals surface area contributed by atoms with Crippen molar-refractivity contribution in [1.29, 1.82) is 0 Å². The fraction of sp³-hybridized carbons (Fsp3) is 0.385. The van der Waals surface area contributed by atoms with Crippen LogP contribution in [0.3, 0.4) is 0 Å². The van der Waals surface area contributed by atoms with Crippen LogP contribution in [0.15, 0.2) is 27.7 Å². The van der Waals surface area contributed by atoms with E-state index in [1.165, 1.54) is 0 Å². The lowest BCUT2D eigenvalue weighted by Crippen LogP contribution is -2.05. The first-order valence-electron chi connectivity index (χ1n) is 5.69. The smallest absolute Gasteiger partial charge is 0.175 e. The molecule has 0 heterocycles. The second-order valence-corrected chi connectivity index (χ2v) is 5.66. The zero-order valence-electron chi connectivity index (χ0n) is 10.3. The maximum Gasteiger partial charge on any atom is 0.175 e. The van der Waals surface area contributed by atoms with Crippen LogP contribution in [0.2, 0.25) is 0 Å². The molecule has 100 valence electrons. The Morgan fingerprint density at radius 3 is 2.67 bits per heavy atom. The van der Waals surface area contributed by atoms with E-state index in [1.807, 2.05) is 19.1 Å². The molecule has 1 rings (SSSR count). The van der Waals surface area contributed by atoms with E-state index in [0.29, 0.717) is 25.5 Å². The minimum absolute atomic E-state index is 0.398. The van der Waals surface area contributed by atoms with Gasteiger partial charge in [0, 0.05) is 4.48 Å². The molecule has 0 radical (unpaired) electrons. The van der Waals surface area contributed by atoms with Crippen molar-refractivity contribution in [3.8, 4) is 11.5 Å². The van der Waals surface area contributed by atoms with Gasteiger partial charge in [0.2, 0.25) is 0 Å². The quantitative estimate of drug-likeness (QED) is 0.787. The Kier molecular flexibility index (Phi) is 6.75. The molecule has 0 aliphatic heterocycles. The Morgan fingerprint density at radius 2 is 2.11 bits per heavy atom. The Bertz CT molecular complexity index is 422. The summed E-state index contributed by atoms with van der Waals surface area (Å²) in [4.78, 5) is 0. The van der Waals surface area contributed by atoms with Gasteiger partial charge in [-0.25, -0.2) is 0 Å². The highest BCUT2D eigenvalue weighted by Crippen LogP contribution is 2.37. The molecule has 3 nitrogen and oxygen atoms in total. The van der Waals surface area contributed by atoms with Gasteiger partial charge in [0.05, 0.1) is 11.1 Å². The van der Waals surface area contributed by atoms with Crippen LogP contribution in [0.1, 0.15) is 12.5 Å². The van der Waals surface area contributed by atoms with E-state index < -0.39 is 0 Å². The molecular weight excluding hydrogens is 362 g/mol. The number of rotatable bonds is 7. The van der Waals surface area contributed by atoms with Crippen LogP contribution in [0.5, 0.6) is 11.5 Å². The molecular formula is C13H17Br2NO2. The van der Waals surface area contributed by atoms with Crippen molar-refractivity contribution in [3.05, 3.63) is 33.2 Å². The van der Waals surface area contributed by atoms with Crippen molar-refractivity contribution < 1.29 is 9.47 Å². The van der Waals surface area contributed by atoms with Crippen LogP contribution in [0, 0.1) is 0 Å². The van der Waals surface area contributed by atoms with Crippen molar-refractivity contribution in [2.45, 2.75) is 13.3 Å². The van der Waals surface area contributed by atoms with E-state index in [-0.39, 0.29) is 0 Å². The Balaban J connectivity index is 3.01. The summed E-state index contributed by atoms with van der Waals surface area (Å²) >= 11 is 6.76. The summed E-state index contributed by atoms with van der Waals surface area (Å²) < 4.78 is 12.9. The summed E-state index contributed by atoms with van der Waals surface area (Å²) in [5.41, 5.74) is 6.69. The lowest BCUT2D eigenvalue weighted by molar-refractivity contribution is 0.294. The summed E-state index contributed by atoms with van der Waals surface area (Å²) in [6, 6.07) is 3.97. The molecule has 0 fully saturated rings. The predicted molar refractivity (Wildman–Crippen MR) is 81.6 cm³/mol. The first-order valence-corrected chi connectivity index (χ1v) is 7.28. The van der Waals surface area contributed by atoms with E-state index in [4.69, 9.17) is 15.2 Å². The Morgan fingerprint density at radius 1 is 1.39 bits per heavy atom. The van der Waals surface area contributed by atoms with Crippen molar-refractivity contribution in [3.63, 3.8) is 0 Å². The zero-order valence-corrected chi connectivity index (χ0v) is 13.5. The van der Waals surface area contributed by atoms with E-state index in [0.717, 1.165) is 26.7 Å². The monoisotopic (exact) mass is 377 g/mol. The van der Waals surface area contributed by atoms with E-state index >= 15 is 0 Å². The number of halogens is 2. The highest BCUT2D eigenvalue weighted by Gasteiger charge is 2.12. The highest BCUT2D eigenvalue weighted by atomic mass is 79.9. The fourth-order valence-corrected chi connectivity index (χ4v) is 2.20. The number of nitrogens with two attached hydrogens (primary N) is 1. The van der Waals surface area contributed by atoms with Gasteiger partial charge in [-0.3, -0.25) is 0 Å². The summed E-state index contributed by atoms with van der Waals surface area (Å²) in [5.74, 6) is 1.42. The van der Waals surface area contributed by atoms with Crippen LogP contribution in [-0.4, -0.2) is 19.8 Å². The standard InChI is InChI=1S/C13H17Br2NO2/c1-3-17-12-7-10(4-5-16)6-11(15)13(12)18-8-9(2)14/h6-7H,2-5,8,16H2,1H3. The second-order valence-electron chi connectivity index (χ2n) is 3.68. The van der Waals surface area contributed by atoms with E-state index in [2.05, 4.69) is 38.4 Å². The molecule has 0 aliphatic carbocycles. The number of ether oxygens (including phenoxy) is 2. The van der Waals surface area contributed by atoms with Gasteiger partial charge in [-0.2, -0.15) is 0 Å². The molecule has 0 atom stereocenters. The molecule has 2 N–H and O–H groups in total. The number of benzene rings is 1. The largest absolute Gasteiger partial charge is 0.490 e. The molecule has 1 aromatic carbocycles. The van der Waals surface area contributed by atoms with Crippen molar-refractivity contribution >= 4 is 31.9 Å². The molecule has 0 aromatic heterocycles. The third kappa shape index (κ3) is 4.63. The predicted octanol–water partition coefficient (Wildman–Crippen LogP) is 3.64. The summed E-state index contributed by atoms with van der Waals surface area (Å²) in [5, 5.41) is 0. The highest BCUT2D eigenvalue weighted by molar-refractivity contribution is 9.11. The van der Waals surface area contributed by atoms with Gasteiger partial charge in [-0.05, 0) is 53.5 Å². The SMILES string of the molecule is C=C(Br)COc1c(Br)cc(CCN)cc1OCC. The average Bonchev–Trinajstić information content (AvgIpc) is 2.28. The summed E-state index contributed by atoms with van der Waals surface area (Å²) in [7, 11) is 0. The Labute approximate surface area is 125 Å². The van der Waals surface area contributed by atoms with Gasteiger partial charge in [-0.15, -0.1) is 0 Å². The van der Waals surface area contributed by atoms with Gasteiger partial charge < -0.3 is 15.2 Å². The van der Waals surface area contributed by atoms with E-state index in [9.17, 15) is 0 Å². The number of hydrogen-bond acceptors (Lipinski definition) is 3. The molecule has 0 saturated carbocycles. The molecule has 0 aliphatic rings. The third-order valence-electron chi connectivity index (χ3n) is 2.18. The molecule has 0 unspecified atom stereocenters. The minimum atomic E-state index is 0.398. The Hall–Kier alpha value is -0.520. The zero-order chi connectivity index (χ0) is 13.5. The second kappa shape index (κ2) is 7.81. The fourth-order valence-electron chi connectivity index (χ4n) is 1.49. The molecule has 0 amide bonds. The van der Waals surface area contributed by atoms with Gasteiger partial charge >= 0.3 is 0 Å². The summed E-state index contributed by atoms with van der Waals surface area (Å²) in [6.45, 7) is 7.28. The molecule has 0 spiro atoms. The molecule has 0 bridgehead atoms. The van der Waals surface area contributed by atoms with Crippen molar-refractivity contribution in [2.75, 3.05) is 19.8 Å². The van der Waals surface area contributed by atoms with Crippen LogP contribution in [0.25, 0.3) is 0 Å². The lowest BCUT2D eigenvalue weighted by atomic mass is 10.1. The third-order valence-corrected chi connectivity index (χ3v) is 2.99. The molecule has 0 saturated heterocycles. The van der Waals surface area contributed by atoms with Crippen LogP contribution in [-0.2, 0) is 6.42 Å². The van der Waals surface area contributed by atoms with Crippen LogP contribution >= 0.6 is 31.9 Å². The van der Waals surface area contributed by atoms with Gasteiger partial charge in [0.15, 0.2) is 11.5 Å². The minimum Gasteiger partial charge on any atom is -0.490 e. The maximum atomic E-state index is 5.67. The number of hydrogen-bond donors (Lipinski definition) is 1. The van der Waals surface area contributed by atoms with Crippen molar-refractivity contribution in [1.82, 2.24) is 0 Å². The normalized spacial score (nSPS) is 10.2. The first kappa shape index (κ1) is 15.5. The van der Waals surface area contributed by atoms with Gasteiger partial charge in [0.25, 0.3) is 0 Å². The van der Waals surface area contributed by atoms with Crippen molar-refractivity contribution in [2.24, 2.45) is 5.73 Å². The molecule has 1 aromatic rings. The van der Waals surface area contributed by atoms with Crippen LogP contribution < -0.4 is 15.2 Å².